The van der Waals surface area contributed by atoms with E-state index in [4.69, 9.17) is 12.2 Å². The summed E-state index contributed by atoms with van der Waals surface area (Å²) in [4.78, 5) is 0. The molecule has 124 valence electrons. The van der Waals surface area contributed by atoms with Gasteiger partial charge >= 0.3 is 0 Å². The van der Waals surface area contributed by atoms with Gasteiger partial charge in [-0.05, 0) is 91.6 Å². The minimum Gasteiger partial charge on any atom is -0.507 e. The molecule has 0 aromatic heterocycles. The van der Waals surface area contributed by atoms with E-state index in [1.54, 1.807) is 48.8 Å². The third-order valence-electron chi connectivity index (χ3n) is 2.70. The second kappa shape index (κ2) is 8.76. The first-order chi connectivity index (χ1) is 11.5. The number of halogens is 2. The Hall–Kier alpha value is -1.97. The van der Waals surface area contributed by atoms with Gasteiger partial charge in [-0.1, -0.05) is 0 Å². The van der Waals surface area contributed by atoms with Gasteiger partial charge in [-0.3, -0.25) is 10.9 Å². The molecule has 0 aliphatic heterocycles. The minimum absolute atomic E-state index is 0.160. The standard InChI is InChI=1S/C15H12Br2N4O2S/c16-11-5-9(1-3-13(11)22)7-18-20-15(24)21-19-8-10-2-4-14(23)12(17)6-10/h1-8,22-23H,(H2,20,21,24). The predicted octanol–water partition coefficient (Wildman–Crippen LogP) is 3.45. The lowest BCUT2D eigenvalue weighted by atomic mass is 10.2. The molecule has 0 saturated carbocycles. The lowest BCUT2D eigenvalue weighted by Gasteiger charge is -2.02. The molecule has 2 aromatic rings. The van der Waals surface area contributed by atoms with E-state index in [0.29, 0.717) is 8.95 Å². The van der Waals surface area contributed by atoms with Crippen molar-refractivity contribution >= 4 is 61.6 Å². The zero-order valence-corrected chi connectivity index (χ0v) is 16.1. The summed E-state index contributed by atoms with van der Waals surface area (Å²) < 4.78 is 1.16. The van der Waals surface area contributed by atoms with Crippen LogP contribution in [0.3, 0.4) is 0 Å². The molecule has 0 bridgehead atoms. The van der Waals surface area contributed by atoms with Crippen molar-refractivity contribution in [2.75, 3.05) is 0 Å². The maximum atomic E-state index is 9.41. The van der Waals surface area contributed by atoms with Gasteiger partial charge in [0.15, 0.2) is 0 Å². The fraction of sp³-hybridized carbons (Fsp3) is 0. The Morgan fingerprint density at radius 2 is 1.29 bits per heavy atom. The number of hydrazone groups is 2. The number of nitrogens with zero attached hydrogens (tertiary/aromatic N) is 2. The molecule has 0 radical (unpaired) electrons. The molecule has 0 spiro atoms. The van der Waals surface area contributed by atoms with Crippen molar-refractivity contribution in [2.24, 2.45) is 10.2 Å². The first-order valence-corrected chi connectivity index (χ1v) is 8.54. The van der Waals surface area contributed by atoms with Crippen molar-refractivity contribution in [3.8, 4) is 11.5 Å². The number of benzene rings is 2. The number of phenols is 2. The van der Waals surface area contributed by atoms with Crippen molar-refractivity contribution in [3.05, 3.63) is 56.5 Å². The fourth-order valence-electron chi connectivity index (χ4n) is 1.56. The van der Waals surface area contributed by atoms with Crippen LogP contribution in [0.15, 0.2) is 55.5 Å². The molecular weight excluding hydrogens is 460 g/mol. The average molecular weight is 472 g/mol. The van der Waals surface area contributed by atoms with Crippen LogP contribution >= 0.6 is 44.1 Å². The number of hydrogen-bond acceptors (Lipinski definition) is 5. The average Bonchev–Trinajstić information content (AvgIpc) is 2.54. The van der Waals surface area contributed by atoms with Crippen LogP contribution in [0.5, 0.6) is 11.5 Å². The van der Waals surface area contributed by atoms with Crippen molar-refractivity contribution in [1.29, 1.82) is 0 Å². The van der Waals surface area contributed by atoms with E-state index in [1.165, 1.54) is 0 Å². The molecule has 6 nitrogen and oxygen atoms in total. The summed E-state index contributed by atoms with van der Waals surface area (Å²) in [6.07, 6.45) is 3.11. The number of hydrogen-bond donors (Lipinski definition) is 4. The quantitative estimate of drug-likeness (QED) is 0.311. The molecule has 0 atom stereocenters. The van der Waals surface area contributed by atoms with Gasteiger partial charge in [0.05, 0.1) is 21.4 Å². The summed E-state index contributed by atoms with van der Waals surface area (Å²) in [6, 6.07) is 9.98. The third-order valence-corrected chi connectivity index (χ3v) is 4.16. The largest absolute Gasteiger partial charge is 0.507 e. The van der Waals surface area contributed by atoms with Crippen LogP contribution in [0.25, 0.3) is 0 Å². The van der Waals surface area contributed by atoms with Crippen LogP contribution in [0, 0.1) is 0 Å². The van der Waals surface area contributed by atoms with E-state index in [0.717, 1.165) is 11.1 Å². The molecule has 2 rings (SSSR count). The molecule has 2 aromatic carbocycles. The summed E-state index contributed by atoms with van der Waals surface area (Å²) in [5.41, 5.74) is 6.81. The van der Waals surface area contributed by atoms with Crippen LogP contribution in [-0.2, 0) is 0 Å². The number of rotatable bonds is 4. The second-order valence-electron chi connectivity index (χ2n) is 4.49. The van der Waals surface area contributed by atoms with Crippen LogP contribution in [-0.4, -0.2) is 27.8 Å². The fourth-order valence-corrected chi connectivity index (χ4v) is 2.46. The van der Waals surface area contributed by atoms with Gasteiger partial charge in [-0.15, -0.1) is 0 Å². The summed E-state index contributed by atoms with van der Waals surface area (Å²) in [5, 5.41) is 27.0. The zero-order chi connectivity index (χ0) is 17.5. The first-order valence-electron chi connectivity index (χ1n) is 6.55. The predicted molar refractivity (Wildman–Crippen MR) is 106 cm³/mol. The molecule has 0 saturated heterocycles. The summed E-state index contributed by atoms with van der Waals surface area (Å²) in [6.45, 7) is 0. The Kier molecular flexibility index (Phi) is 6.71. The maximum absolute atomic E-state index is 9.41. The molecule has 0 aliphatic carbocycles. The van der Waals surface area contributed by atoms with Crippen molar-refractivity contribution in [2.45, 2.75) is 0 Å². The molecule has 0 heterocycles. The van der Waals surface area contributed by atoms with Crippen molar-refractivity contribution in [3.63, 3.8) is 0 Å². The maximum Gasteiger partial charge on any atom is 0.207 e. The van der Waals surface area contributed by atoms with E-state index >= 15 is 0 Å². The SMILES string of the molecule is Oc1ccc(C=NNC(=S)NN=Cc2ccc(O)c(Br)c2)cc1Br. The van der Waals surface area contributed by atoms with Gasteiger partial charge in [0.1, 0.15) is 11.5 Å². The molecule has 9 heteroatoms. The Labute approximate surface area is 160 Å². The van der Waals surface area contributed by atoms with Crippen molar-refractivity contribution in [1.82, 2.24) is 10.9 Å². The summed E-state index contributed by atoms with van der Waals surface area (Å²) in [7, 11) is 0. The van der Waals surface area contributed by atoms with Crippen molar-refractivity contribution < 1.29 is 10.2 Å². The molecule has 4 N–H and O–H groups in total. The second-order valence-corrected chi connectivity index (χ2v) is 6.61. The first kappa shape index (κ1) is 18.4. The van der Waals surface area contributed by atoms with Crippen LogP contribution < -0.4 is 10.9 Å². The van der Waals surface area contributed by atoms with Crippen LogP contribution in [0.4, 0.5) is 0 Å². The molecule has 24 heavy (non-hydrogen) atoms. The van der Waals surface area contributed by atoms with E-state index in [1.807, 2.05) is 0 Å². The van der Waals surface area contributed by atoms with Gasteiger partial charge in [0.2, 0.25) is 5.11 Å². The zero-order valence-electron chi connectivity index (χ0n) is 12.1. The van der Waals surface area contributed by atoms with E-state index in [2.05, 4.69) is 52.9 Å². The normalized spacial score (nSPS) is 11.1. The topological polar surface area (TPSA) is 89.2 Å². The molecular formula is C15H12Br2N4O2S. The van der Waals surface area contributed by atoms with E-state index < -0.39 is 0 Å². The molecule has 0 fully saturated rings. The van der Waals surface area contributed by atoms with Gasteiger partial charge in [0.25, 0.3) is 0 Å². The number of thiocarbonyl (C=S) groups is 1. The highest BCUT2D eigenvalue weighted by atomic mass is 79.9. The van der Waals surface area contributed by atoms with E-state index in [-0.39, 0.29) is 16.6 Å². The molecule has 0 amide bonds. The van der Waals surface area contributed by atoms with E-state index in [9.17, 15) is 10.2 Å². The Balaban J connectivity index is 1.84. The highest BCUT2D eigenvalue weighted by Crippen LogP contribution is 2.24. The number of nitrogens with one attached hydrogen (secondary N) is 2. The molecule has 0 aliphatic rings. The van der Waals surface area contributed by atoms with Gasteiger partial charge in [-0.25, -0.2) is 0 Å². The highest BCUT2D eigenvalue weighted by Gasteiger charge is 1.98. The summed E-state index contributed by atoms with van der Waals surface area (Å²) >= 11 is 11.5. The van der Waals surface area contributed by atoms with Crippen LogP contribution in [0.1, 0.15) is 11.1 Å². The van der Waals surface area contributed by atoms with Gasteiger partial charge in [-0.2, -0.15) is 10.2 Å². The number of phenolic OH excluding ortho intramolecular Hbond substituents is 2. The van der Waals surface area contributed by atoms with Gasteiger partial charge < -0.3 is 10.2 Å². The van der Waals surface area contributed by atoms with Gasteiger partial charge in [0, 0.05) is 0 Å². The lowest BCUT2D eigenvalue weighted by molar-refractivity contribution is 0.471. The number of aromatic hydroxyl groups is 2. The molecule has 0 unspecified atom stereocenters. The third kappa shape index (κ3) is 5.59. The monoisotopic (exact) mass is 470 g/mol. The Morgan fingerprint density at radius 3 is 1.67 bits per heavy atom. The summed E-state index contributed by atoms with van der Waals surface area (Å²) in [5.74, 6) is 0.319. The van der Waals surface area contributed by atoms with Crippen LogP contribution in [0.2, 0.25) is 0 Å². The minimum atomic E-state index is 0.160. The Bertz CT molecular complexity index is 747. The smallest absolute Gasteiger partial charge is 0.207 e. The highest BCUT2D eigenvalue weighted by molar-refractivity contribution is 9.10. The Morgan fingerprint density at radius 1 is 0.875 bits per heavy atom. The lowest BCUT2D eigenvalue weighted by Crippen LogP contribution is -2.28.